The van der Waals surface area contributed by atoms with Crippen LogP contribution in [0.15, 0.2) is 0 Å². The van der Waals surface area contributed by atoms with E-state index in [4.69, 9.17) is 5.73 Å². The summed E-state index contributed by atoms with van der Waals surface area (Å²) in [7, 11) is 0. The third kappa shape index (κ3) is 2.27. The van der Waals surface area contributed by atoms with Crippen molar-refractivity contribution in [1.29, 1.82) is 0 Å². The van der Waals surface area contributed by atoms with Crippen LogP contribution < -0.4 is 5.73 Å². The first kappa shape index (κ1) is 11.5. The molecule has 1 fully saturated rings. The van der Waals surface area contributed by atoms with Gasteiger partial charge in [-0.05, 0) is 25.7 Å². The van der Waals surface area contributed by atoms with E-state index in [0.29, 0.717) is 0 Å². The van der Waals surface area contributed by atoms with E-state index in [1.54, 1.807) is 6.92 Å². The number of aliphatic carboxylic acids is 1. The molecular weight excluding hydrogens is 178 g/mol. The normalized spacial score (nSPS) is 23.9. The molecule has 1 aliphatic rings. The van der Waals surface area contributed by atoms with Gasteiger partial charge in [-0.3, -0.25) is 4.79 Å². The molecule has 0 spiro atoms. The Morgan fingerprint density at radius 1 is 1.36 bits per heavy atom. The Morgan fingerprint density at radius 2 is 1.86 bits per heavy atom. The molecule has 0 saturated heterocycles. The van der Waals surface area contributed by atoms with Crippen molar-refractivity contribution in [3.63, 3.8) is 0 Å². The predicted molar refractivity (Wildman–Crippen MR) is 56.0 cm³/mol. The minimum absolute atomic E-state index is 0.257. The van der Waals surface area contributed by atoms with Crippen molar-refractivity contribution in [2.24, 2.45) is 17.1 Å². The fraction of sp³-hybridized carbons (Fsp3) is 0.909. The van der Waals surface area contributed by atoms with E-state index < -0.39 is 11.4 Å². The molecule has 0 bridgehead atoms. The molecule has 0 heterocycles. The van der Waals surface area contributed by atoms with Gasteiger partial charge < -0.3 is 10.8 Å². The molecule has 0 aliphatic heterocycles. The molecule has 1 unspecified atom stereocenters. The van der Waals surface area contributed by atoms with Crippen LogP contribution in [0.1, 0.15) is 45.4 Å². The minimum atomic E-state index is -0.730. The van der Waals surface area contributed by atoms with Crippen molar-refractivity contribution in [2.45, 2.75) is 45.4 Å². The third-order valence-corrected chi connectivity index (χ3v) is 3.67. The van der Waals surface area contributed by atoms with Gasteiger partial charge in [0.05, 0.1) is 5.41 Å². The number of nitrogens with two attached hydrogens (primary N) is 1. The summed E-state index contributed by atoms with van der Waals surface area (Å²) in [6, 6.07) is 0. The van der Waals surface area contributed by atoms with Gasteiger partial charge in [-0.1, -0.05) is 25.7 Å². The highest BCUT2D eigenvalue weighted by Gasteiger charge is 2.39. The van der Waals surface area contributed by atoms with Crippen molar-refractivity contribution >= 4 is 5.97 Å². The van der Waals surface area contributed by atoms with Gasteiger partial charge in [0.15, 0.2) is 0 Å². The van der Waals surface area contributed by atoms with Crippen LogP contribution >= 0.6 is 0 Å². The van der Waals surface area contributed by atoms with Crippen LogP contribution in [0.4, 0.5) is 0 Å². The van der Waals surface area contributed by atoms with Crippen molar-refractivity contribution < 1.29 is 9.90 Å². The second-order valence-corrected chi connectivity index (χ2v) is 4.62. The second kappa shape index (κ2) is 4.78. The summed E-state index contributed by atoms with van der Waals surface area (Å²) >= 11 is 0. The molecule has 0 aromatic rings. The number of carboxylic acids is 1. The number of rotatable bonds is 3. The number of carbonyl (C=O) groups is 1. The SMILES string of the molecule is CC(CN)(C(=O)O)C1CCCCCC1. The van der Waals surface area contributed by atoms with Crippen LogP contribution in [0.5, 0.6) is 0 Å². The molecule has 1 saturated carbocycles. The molecule has 3 nitrogen and oxygen atoms in total. The summed E-state index contributed by atoms with van der Waals surface area (Å²) in [6.45, 7) is 2.05. The predicted octanol–water partition coefficient (Wildman–Crippen LogP) is 2.01. The summed E-state index contributed by atoms with van der Waals surface area (Å²) < 4.78 is 0. The van der Waals surface area contributed by atoms with E-state index in [1.165, 1.54) is 12.8 Å². The van der Waals surface area contributed by atoms with Crippen molar-refractivity contribution in [3.05, 3.63) is 0 Å². The van der Waals surface area contributed by atoms with Gasteiger partial charge in [0.25, 0.3) is 0 Å². The smallest absolute Gasteiger partial charge is 0.310 e. The standard InChI is InChI=1S/C11H21NO2/c1-11(8-12,10(13)14)9-6-4-2-3-5-7-9/h9H,2-8,12H2,1H3,(H,13,14). The van der Waals surface area contributed by atoms with Crippen LogP contribution in [0.3, 0.4) is 0 Å². The molecule has 1 aliphatic carbocycles. The summed E-state index contributed by atoms with van der Waals surface area (Å²) in [5, 5.41) is 9.20. The van der Waals surface area contributed by atoms with Gasteiger partial charge in [0, 0.05) is 6.54 Å². The van der Waals surface area contributed by atoms with Gasteiger partial charge in [0.2, 0.25) is 0 Å². The Balaban J connectivity index is 2.71. The minimum Gasteiger partial charge on any atom is -0.481 e. The lowest BCUT2D eigenvalue weighted by molar-refractivity contribution is -0.151. The molecule has 1 atom stereocenters. The van der Waals surface area contributed by atoms with Crippen LogP contribution in [-0.4, -0.2) is 17.6 Å². The zero-order valence-corrected chi connectivity index (χ0v) is 8.96. The van der Waals surface area contributed by atoms with E-state index in [-0.39, 0.29) is 12.5 Å². The number of hydrogen-bond acceptors (Lipinski definition) is 2. The summed E-state index contributed by atoms with van der Waals surface area (Å²) in [4.78, 5) is 11.2. The highest BCUT2D eigenvalue weighted by molar-refractivity contribution is 5.74. The Morgan fingerprint density at radius 3 is 2.21 bits per heavy atom. The number of carboxylic acid groups (broad SMARTS) is 1. The maximum atomic E-state index is 11.2. The molecule has 3 heteroatoms. The first-order chi connectivity index (χ1) is 6.61. The highest BCUT2D eigenvalue weighted by Crippen LogP contribution is 2.37. The van der Waals surface area contributed by atoms with Crippen molar-refractivity contribution in [3.8, 4) is 0 Å². The summed E-state index contributed by atoms with van der Waals surface area (Å²) in [5.41, 5.74) is 4.90. The van der Waals surface area contributed by atoms with Crippen LogP contribution in [-0.2, 0) is 4.79 Å². The van der Waals surface area contributed by atoms with E-state index in [1.807, 2.05) is 0 Å². The van der Waals surface area contributed by atoms with Gasteiger partial charge in [-0.25, -0.2) is 0 Å². The molecule has 0 radical (unpaired) electrons. The average molecular weight is 199 g/mol. The molecule has 1 rings (SSSR count). The first-order valence-corrected chi connectivity index (χ1v) is 5.54. The largest absolute Gasteiger partial charge is 0.481 e. The maximum Gasteiger partial charge on any atom is 0.310 e. The summed E-state index contributed by atoms with van der Waals surface area (Å²) in [6.07, 6.45) is 6.87. The van der Waals surface area contributed by atoms with Crippen molar-refractivity contribution in [2.75, 3.05) is 6.54 Å². The van der Waals surface area contributed by atoms with Crippen LogP contribution in [0.25, 0.3) is 0 Å². The van der Waals surface area contributed by atoms with Gasteiger partial charge in [-0.2, -0.15) is 0 Å². The Bertz CT molecular complexity index is 197. The molecule has 82 valence electrons. The summed E-state index contributed by atoms with van der Waals surface area (Å²) in [5.74, 6) is -0.459. The Hall–Kier alpha value is -0.570. The lowest BCUT2D eigenvalue weighted by atomic mass is 9.73. The fourth-order valence-electron chi connectivity index (χ4n) is 2.35. The first-order valence-electron chi connectivity index (χ1n) is 5.54. The maximum absolute atomic E-state index is 11.2. The van der Waals surface area contributed by atoms with Crippen LogP contribution in [0.2, 0.25) is 0 Å². The Labute approximate surface area is 85.7 Å². The monoisotopic (exact) mass is 199 g/mol. The van der Waals surface area contributed by atoms with Gasteiger partial charge in [-0.15, -0.1) is 0 Å². The quantitative estimate of drug-likeness (QED) is 0.683. The van der Waals surface area contributed by atoms with E-state index >= 15 is 0 Å². The molecular formula is C11H21NO2. The molecule has 14 heavy (non-hydrogen) atoms. The lowest BCUT2D eigenvalue weighted by Crippen LogP contribution is -2.42. The number of hydrogen-bond donors (Lipinski definition) is 2. The Kier molecular flexibility index (Phi) is 3.93. The van der Waals surface area contributed by atoms with Gasteiger partial charge >= 0.3 is 5.97 Å². The van der Waals surface area contributed by atoms with E-state index in [0.717, 1.165) is 25.7 Å². The highest BCUT2D eigenvalue weighted by atomic mass is 16.4. The third-order valence-electron chi connectivity index (χ3n) is 3.67. The second-order valence-electron chi connectivity index (χ2n) is 4.62. The zero-order valence-electron chi connectivity index (χ0n) is 8.96. The molecule has 0 amide bonds. The van der Waals surface area contributed by atoms with Gasteiger partial charge in [0.1, 0.15) is 0 Å². The van der Waals surface area contributed by atoms with E-state index in [9.17, 15) is 9.90 Å². The van der Waals surface area contributed by atoms with E-state index in [2.05, 4.69) is 0 Å². The molecule has 0 aromatic heterocycles. The van der Waals surface area contributed by atoms with Crippen molar-refractivity contribution in [1.82, 2.24) is 0 Å². The average Bonchev–Trinajstić information content (AvgIpc) is 2.44. The molecule has 0 aromatic carbocycles. The van der Waals surface area contributed by atoms with Crippen LogP contribution in [0, 0.1) is 11.3 Å². The zero-order chi connectivity index (χ0) is 10.6. The topological polar surface area (TPSA) is 63.3 Å². The molecule has 3 N–H and O–H groups in total. The fourth-order valence-corrected chi connectivity index (χ4v) is 2.35. The lowest BCUT2D eigenvalue weighted by Gasteiger charge is -2.32.